The van der Waals surface area contributed by atoms with E-state index in [0.29, 0.717) is 11.4 Å². The summed E-state index contributed by atoms with van der Waals surface area (Å²) in [6, 6.07) is 23.5. The first-order chi connectivity index (χ1) is 16.0. The fraction of sp³-hybridized carbons (Fsp3) is 0.0385. The molecule has 1 aliphatic heterocycles. The predicted molar refractivity (Wildman–Crippen MR) is 131 cm³/mol. The van der Waals surface area contributed by atoms with Crippen molar-refractivity contribution in [1.29, 1.82) is 0 Å². The molecule has 0 spiro atoms. The number of aliphatic imine (C=N–C) groups is 1. The van der Waals surface area contributed by atoms with Gasteiger partial charge in [0.05, 0.1) is 16.4 Å². The van der Waals surface area contributed by atoms with Crippen LogP contribution in [0, 0.1) is 0 Å². The van der Waals surface area contributed by atoms with E-state index in [1.54, 1.807) is 24.3 Å². The van der Waals surface area contributed by atoms with Gasteiger partial charge in [0, 0.05) is 22.2 Å². The second-order valence-electron chi connectivity index (χ2n) is 7.59. The number of hydrogen-bond donors (Lipinski definition) is 3. The molecule has 1 aliphatic rings. The number of rotatable bonds is 3. The molecule has 0 saturated heterocycles. The zero-order valence-electron chi connectivity index (χ0n) is 17.3. The smallest absolute Gasteiger partial charge is 0.260 e. The summed E-state index contributed by atoms with van der Waals surface area (Å²) >= 11 is 6.06. The maximum atomic E-state index is 12.6. The molecule has 7 heteroatoms. The molecule has 0 aromatic heterocycles. The van der Waals surface area contributed by atoms with E-state index in [1.165, 1.54) is 6.07 Å². The van der Waals surface area contributed by atoms with Crippen LogP contribution in [0.1, 0.15) is 21.5 Å². The van der Waals surface area contributed by atoms with E-state index < -0.39 is 5.91 Å². The third-order valence-electron chi connectivity index (χ3n) is 5.46. The van der Waals surface area contributed by atoms with Gasteiger partial charge in [0.25, 0.3) is 5.91 Å². The highest BCUT2D eigenvalue weighted by Crippen LogP contribution is 2.31. The average molecular weight is 456 g/mol. The Morgan fingerprint density at radius 2 is 1.76 bits per heavy atom. The second-order valence-corrected chi connectivity index (χ2v) is 7.99. The molecule has 0 aliphatic carbocycles. The summed E-state index contributed by atoms with van der Waals surface area (Å²) in [4.78, 5) is 29.5. The number of carbonyl (C=O) groups is 2. The van der Waals surface area contributed by atoms with Crippen molar-refractivity contribution in [3.8, 4) is 5.75 Å². The summed E-state index contributed by atoms with van der Waals surface area (Å²) in [6.07, 6.45) is 0. The molecule has 3 N–H and O–H groups in total. The van der Waals surface area contributed by atoms with E-state index in [2.05, 4.69) is 15.6 Å². The lowest BCUT2D eigenvalue weighted by molar-refractivity contribution is -0.114. The Bertz CT molecular complexity index is 1430. The van der Waals surface area contributed by atoms with Gasteiger partial charge in [-0.1, -0.05) is 66.2 Å². The van der Waals surface area contributed by atoms with Crippen LogP contribution in [0.25, 0.3) is 10.8 Å². The average Bonchev–Trinajstić information content (AvgIpc) is 2.98. The van der Waals surface area contributed by atoms with Crippen LogP contribution in [-0.4, -0.2) is 29.2 Å². The number of phenols is 1. The number of benzene rings is 4. The van der Waals surface area contributed by atoms with Crippen LogP contribution in [0.5, 0.6) is 5.75 Å². The molecule has 0 fully saturated rings. The predicted octanol–water partition coefficient (Wildman–Crippen LogP) is 5.24. The fourth-order valence-electron chi connectivity index (χ4n) is 3.91. The van der Waals surface area contributed by atoms with Crippen molar-refractivity contribution in [1.82, 2.24) is 0 Å². The van der Waals surface area contributed by atoms with E-state index in [-0.39, 0.29) is 28.8 Å². The summed E-state index contributed by atoms with van der Waals surface area (Å²) in [7, 11) is 0. The number of fused-ring (bicyclic) bond motifs is 3. The molecule has 0 radical (unpaired) electrons. The van der Waals surface area contributed by atoms with Crippen LogP contribution >= 0.6 is 11.6 Å². The maximum Gasteiger partial charge on any atom is 0.260 e. The van der Waals surface area contributed by atoms with Crippen LogP contribution in [0.2, 0.25) is 5.02 Å². The van der Waals surface area contributed by atoms with E-state index in [4.69, 9.17) is 11.6 Å². The lowest BCUT2D eigenvalue weighted by Gasteiger charge is -2.14. The van der Waals surface area contributed by atoms with Crippen LogP contribution < -0.4 is 10.6 Å². The highest BCUT2D eigenvalue weighted by atomic mass is 35.5. The molecule has 0 atom stereocenters. The van der Waals surface area contributed by atoms with Crippen molar-refractivity contribution < 1.29 is 14.7 Å². The van der Waals surface area contributed by atoms with Crippen molar-refractivity contribution in [2.24, 2.45) is 4.99 Å². The largest absolute Gasteiger partial charge is 0.507 e. The minimum absolute atomic E-state index is 0.0155. The maximum absolute atomic E-state index is 12.6. The lowest BCUT2D eigenvalue weighted by atomic mass is 9.96. The number of amides is 2. The second kappa shape index (κ2) is 8.41. The Morgan fingerprint density at radius 3 is 2.55 bits per heavy atom. The number of nitrogens with one attached hydrogen (secondary N) is 2. The lowest BCUT2D eigenvalue weighted by Crippen LogP contribution is -2.13. The molecule has 1 heterocycles. The van der Waals surface area contributed by atoms with Gasteiger partial charge in [0.1, 0.15) is 17.9 Å². The molecule has 0 saturated carbocycles. The van der Waals surface area contributed by atoms with Crippen LogP contribution in [-0.2, 0) is 4.79 Å². The van der Waals surface area contributed by atoms with Crippen molar-refractivity contribution in [2.75, 3.05) is 17.2 Å². The highest BCUT2D eigenvalue weighted by Gasteiger charge is 2.20. The molecule has 0 bridgehead atoms. The summed E-state index contributed by atoms with van der Waals surface area (Å²) < 4.78 is 0. The minimum atomic E-state index is -0.510. The number of carbonyl (C=O) groups excluding carboxylic acids is 2. The first-order valence-electron chi connectivity index (χ1n) is 10.3. The van der Waals surface area contributed by atoms with Crippen LogP contribution in [0.3, 0.4) is 0 Å². The van der Waals surface area contributed by atoms with Crippen LogP contribution in [0.4, 0.5) is 11.4 Å². The quantitative estimate of drug-likeness (QED) is 0.394. The summed E-state index contributed by atoms with van der Waals surface area (Å²) in [5.41, 5.74) is 3.61. The number of anilines is 2. The first-order valence-corrected chi connectivity index (χ1v) is 10.6. The monoisotopic (exact) mass is 455 g/mol. The molecular formula is C26H18ClN3O3. The molecule has 162 valence electrons. The third kappa shape index (κ3) is 3.92. The molecule has 6 nitrogen and oxygen atoms in total. The van der Waals surface area contributed by atoms with Crippen molar-refractivity contribution >= 4 is 51.3 Å². The highest BCUT2D eigenvalue weighted by molar-refractivity contribution is 6.35. The van der Waals surface area contributed by atoms with Gasteiger partial charge in [-0.3, -0.25) is 14.6 Å². The van der Waals surface area contributed by atoms with E-state index in [1.807, 2.05) is 48.5 Å². The van der Waals surface area contributed by atoms with Crippen molar-refractivity contribution in [3.63, 3.8) is 0 Å². The first kappa shape index (κ1) is 20.7. The van der Waals surface area contributed by atoms with E-state index in [0.717, 1.165) is 27.6 Å². The molecular weight excluding hydrogens is 438 g/mol. The molecule has 33 heavy (non-hydrogen) atoms. The van der Waals surface area contributed by atoms with E-state index >= 15 is 0 Å². The normalized spacial score (nSPS) is 13.0. The number of halogens is 1. The van der Waals surface area contributed by atoms with Crippen molar-refractivity contribution in [2.45, 2.75) is 0 Å². The Morgan fingerprint density at radius 1 is 0.970 bits per heavy atom. The van der Waals surface area contributed by atoms with Gasteiger partial charge in [-0.05, 0) is 29.7 Å². The third-order valence-corrected chi connectivity index (χ3v) is 5.78. The Balaban J connectivity index is 1.48. The minimum Gasteiger partial charge on any atom is -0.507 e. The number of phenolic OH excluding ortho intramolecular Hbond substituents is 1. The van der Waals surface area contributed by atoms with Gasteiger partial charge in [0.15, 0.2) is 0 Å². The number of aromatic hydroxyl groups is 1. The number of hydrogen-bond acceptors (Lipinski definition) is 4. The fourth-order valence-corrected chi connectivity index (χ4v) is 4.16. The molecule has 0 unspecified atom stereocenters. The van der Waals surface area contributed by atoms with Crippen LogP contribution in [0.15, 0.2) is 83.9 Å². The topological polar surface area (TPSA) is 90.8 Å². The Hall–Kier alpha value is -4.16. The van der Waals surface area contributed by atoms with Gasteiger partial charge in [-0.25, -0.2) is 0 Å². The van der Waals surface area contributed by atoms with Gasteiger partial charge in [0.2, 0.25) is 5.91 Å². The van der Waals surface area contributed by atoms with Gasteiger partial charge >= 0.3 is 0 Å². The summed E-state index contributed by atoms with van der Waals surface area (Å²) in [5, 5.41) is 17.8. The molecule has 5 rings (SSSR count). The van der Waals surface area contributed by atoms with E-state index in [9.17, 15) is 14.7 Å². The zero-order valence-corrected chi connectivity index (χ0v) is 18.1. The molecule has 2 amide bonds. The molecule has 4 aromatic carbocycles. The number of nitrogens with zero attached hydrogens (tertiary/aromatic N) is 1. The zero-order chi connectivity index (χ0) is 22.9. The summed E-state index contributed by atoms with van der Waals surface area (Å²) in [6.45, 7) is 0.0165. The van der Waals surface area contributed by atoms with Gasteiger partial charge in [-0.15, -0.1) is 0 Å². The Labute approximate surface area is 194 Å². The van der Waals surface area contributed by atoms with Gasteiger partial charge in [-0.2, -0.15) is 0 Å². The summed E-state index contributed by atoms with van der Waals surface area (Å²) in [5.74, 6) is -0.874. The molecule has 4 aromatic rings. The Kier molecular flexibility index (Phi) is 5.28. The SMILES string of the molecule is O=C1CN=C(c2ccc(NC(=O)c3c(O)cccc3Cl)cc2)c2ccc3ccccc3c2N1. The van der Waals surface area contributed by atoms with Gasteiger partial charge < -0.3 is 15.7 Å². The standard InChI is InChI=1S/C26H18ClN3O3/c27-20-6-3-7-21(31)23(20)26(33)29-17-11-8-16(9-12-17)24-19-13-10-15-4-1-2-5-18(15)25(19)30-22(32)14-28-24/h1-13,31H,14H2,(H,29,33)(H,30,32). The van der Waals surface area contributed by atoms with Crippen molar-refractivity contribution in [3.05, 3.63) is 101 Å².